The summed E-state index contributed by atoms with van der Waals surface area (Å²) in [5.74, 6) is 0. The fourth-order valence-electron chi connectivity index (χ4n) is 0.601. The van der Waals surface area contributed by atoms with Gasteiger partial charge >= 0.3 is 0 Å². The van der Waals surface area contributed by atoms with Gasteiger partial charge in [0.15, 0.2) is 0 Å². The maximum absolute atomic E-state index is 8.40. The number of allylic oxidation sites excluding steroid dienone is 3. The summed E-state index contributed by atoms with van der Waals surface area (Å²) in [7, 11) is 0. The van der Waals surface area contributed by atoms with Crippen molar-refractivity contribution in [3.63, 3.8) is 0 Å². The molecular formula is C9H13N5. The highest BCUT2D eigenvalue weighted by Gasteiger charge is 1.90. The smallest absolute Gasteiger partial charge is 0.117 e. The van der Waals surface area contributed by atoms with Crippen LogP contribution in [0, 0.1) is 16.7 Å². The summed E-state index contributed by atoms with van der Waals surface area (Å²) in [6.45, 7) is 1.64. The fraction of sp³-hybridized carbons (Fsp3) is 0.111. The molecule has 0 heterocycles. The molecule has 0 aromatic rings. The maximum Gasteiger partial charge on any atom is 0.117 e. The zero-order valence-corrected chi connectivity index (χ0v) is 7.91. The van der Waals surface area contributed by atoms with E-state index >= 15 is 0 Å². The van der Waals surface area contributed by atoms with Gasteiger partial charge in [0.1, 0.15) is 11.8 Å². The van der Waals surface area contributed by atoms with E-state index in [1.54, 1.807) is 25.3 Å². The van der Waals surface area contributed by atoms with Crippen molar-refractivity contribution in [1.82, 2.24) is 5.32 Å². The van der Waals surface area contributed by atoms with Crippen LogP contribution < -0.4 is 16.8 Å². The molecular weight excluding hydrogens is 178 g/mol. The lowest BCUT2D eigenvalue weighted by Gasteiger charge is -1.99. The molecule has 0 rings (SSSR count). The van der Waals surface area contributed by atoms with Gasteiger partial charge in [-0.2, -0.15) is 5.26 Å². The Hall–Kier alpha value is -2.22. The van der Waals surface area contributed by atoms with Crippen LogP contribution in [0.25, 0.3) is 0 Å². The molecule has 0 unspecified atom stereocenters. The second-order valence-electron chi connectivity index (χ2n) is 2.49. The fourth-order valence-corrected chi connectivity index (χ4v) is 0.601. The van der Waals surface area contributed by atoms with Crippen molar-refractivity contribution in [2.45, 2.75) is 6.92 Å². The van der Waals surface area contributed by atoms with Crippen LogP contribution in [0.4, 0.5) is 0 Å². The topological polar surface area (TPSA) is 112 Å². The molecule has 14 heavy (non-hydrogen) atoms. The summed E-state index contributed by atoms with van der Waals surface area (Å²) in [6.07, 6.45) is 5.79. The molecule has 0 radical (unpaired) electrons. The molecule has 74 valence electrons. The summed E-state index contributed by atoms with van der Waals surface area (Å²) in [6, 6.07) is 1.77. The quantitative estimate of drug-likeness (QED) is 0.291. The van der Waals surface area contributed by atoms with E-state index in [2.05, 4.69) is 5.32 Å². The average molecular weight is 191 g/mol. The molecule has 0 aliphatic carbocycles. The lowest BCUT2D eigenvalue weighted by atomic mass is 10.3. The minimum absolute atomic E-state index is 0.0641. The number of nitriles is 1. The molecule has 0 fully saturated rings. The molecule has 0 atom stereocenters. The van der Waals surface area contributed by atoms with Crippen LogP contribution in [-0.2, 0) is 0 Å². The van der Waals surface area contributed by atoms with Crippen LogP contribution in [0.1, 0.15) is 6.92 Å². The molecule has 0 aliphatic rings. The van der Waals surface area contributed by atoms with Gasteiger partial charge in [0, 0.05) is 18.1 Å². The highest BCUT2D eigenvalue weighted by molar-refractivity contribution is 5.89. The molecule has 6 N–H and O–H groups in total. The number of nitrogens with two attached hydrogens (primary N) is 2. The Balaban J connectivity index is 4.36. The van der Waals surface area contributed by atoms with Crippen LogP contribution in [0.15, 0.2) is 35.9 Å². The van der Waals surface area contributed by atoms with Gasteiger partial charge in [-0.15, -0.1) is 0 Å². The largest absolute Gasteiger partial charge is 0.403 e. The van der Waals surface area contributed by atoms with Gasteiger partial charge < -0.3 is 22.2 Å². The van der Waals surface area contributed by atoms with E-state index in [1.807, 2.05) is 0 Å². The minimum atomic E-state index is 0.0641. The second kappa shape index (κ2) is 6.31. The summed E-state index contributed by atoms with van der Waals surface area (Å²) in [5.41, 5.74) is 11.5. The van der Waals surface area contributed by atoms with Gasteiger partial charge in [0.2, 0.25) is 0 Å². The Morgan fingerprint density at radius 2 is 2.21 bits per heavy atom. The molecule has 0 amide bonds. The molecule has 5 nitrogen and oxygen atoms in total. The Kier molecular flexibility index (Phi) is 5.31. The van der Waals surface area contributed by atoms with Crippen LogP contribution >= 0.6 is 0 Å². The third kappa shape index (κ3) is 5.43. The van der Waals surface area contributed by atoms with Crippen molar-refractivity contribution < 1.29 is 0 Å². The zero-order chi connectivity index (χ0) is 11.0. The number of hydrogen-bond acceptors (Lipinski definition) is 5. The highest BCUT2D eigenvalue weighted by Crippen LogP contribution is 1.92. The molecule has 0 aliphatic heterocycles. The van der Waals surface area contributed by atoms with Crippen LogP contribution in [-0.4, -0.2) is 5.71 Å². The number of nitrogens with one attached hydrogen (secondary N) is 2. The predicted octanol–water partition coefficient (Wildman–Crippen LogP) is 0.296. The van der Waals surface area contributed by atoms with Crippen molar-refractivity contribution >= 4 is 5.71 Å². The van der Waals surface area contributed by atoms with Crippen molar-refractivity contribution in [1.29, 1.82) is 10.7 Å². The molecule has 0 saturated carbocycles. The highest BCUT2D eigenvalue weighted by atomic mass is 14.9. The third-order valence-electron chi connectivity index (χ3n) is 1.20. The van der Waals surface area contributed by atoms with Crippen LogP contribution in [0.3, 0.4) is 0 Å². The zero-order valence-electron chi connectivity index (χ0n) is 7.91. The summed E-state index contributed by atoms with van der Waals surface area (Å²) >= 11 is 0. The third-order valence-corrected chi connectivity index (χ3v) is 1.20. The number of hydrogen-bond donors (Lipinski definition) is 4. The van der Waals surface area contributed by atoms with E-state index < -0.39 is 0 Å². The molecule has 5 heteroatoms. The number of rotatable bonds is 4. The normalized spacial score (nSPS) is 12.6. The standard InChI is InChI=1S/C9H13N5/c1-7(12)2-3-14-9(6-11)4-8(13)5-10/h2-4,6,12,14H,11,13H2,1H3/b3-2-,8-4-,9-6+,12-7?. The van der Waals surface area contributed by atoms with Crippen molar-refractivity contribution in [3.05, 3.63) is 35.9 Å². The lowest BCUT2D eigenvalue weighted by molar-refractivity contribution is 1.09. The maximum atomic E-state index is 8.40. The molecule has 0 aromatic carbocycles. The SMILES string of the molecule is CC(=N)/C=C\NC(/C=C(\N)C#N)=C/N. The summed E-state index contributed by atoms with van der Waals surface area (Å²) < 4.78 is 0. The molecule has 0 aromatic heterocycles. The van der Waals surface area contributed by atoms with E-state index in [9.17, 15) is 0 Å². The predicted molar refractivity (Wildman–Crippen MR) is 55.8 cm³/mol. The van der Waals surface area contributed by atoms with Gasteiger partial charge in [0.25, 0.3) is 0 Å². The summed E-state index contributed by atoms with van der Waals surface area (Å²) in [4.78, 5) is 0. The van der Waals surface area contributed by atoms with Crippen LogP contribution in [0.5, 0.6) is 0 Å². The van der Waals surface area contributed by atoms with E-state index in [4.69, 9.17) is 22.1 Å². The Bertz CT molecular complexity index is 330. The Morgan fingerprint density at radius 3 is 2.64 bits per heavy atom. The molecule has 0 saturated heterocycles. The lowest BCUT2D eigenvalue weighted by Crippen LogP contribution is -2.08. The average Bonchev–Trinajstić information content (AvgIpc) is 2.15. The van der Waals surface area contributed by atoms with Crippen molar-refractivity contribution in [3.8, 4) is 6.07 Å². The van der Waals surface area contributed by atoms with E-state index in [0.717, 1.165) is 0 Å². The van der Waals surface area contributed by atoms with E-state index in [0.29, 0.717) is 11.4 Å². The van der Waals surface area contributed by atoms with Crippen molar-refractivity contribution in [2.75, 3.05) is 0 Å². The van der Waals surface area contributed by atoms with Crippen LogP contribution in [0.2, 0.25) is 0 Å². The first-order chi connectivity index (χ1) is 6.60. The van der Waals surface area contributed by atoms with Gasteiger partial charge in [0.05, 0.1) is 5.70 Å². The monoisotopic (exact) mass is 191 g/mol. The van der Waals surface area contributed by atoms with E-state index in [1.165, 1.54) is 12.3 Å². The van der Waals surface area contributed by atoms with Gasteiger partial charge in [-0.25, -0.2) is 0 Å². The Labute approximate surface area is 82.9 Å². The van der Waals surface area contributed by atoms with Gasteiger partial charge in [-0.05, 0) is 19.1 Å². The first-order valence-corrected chi connectivity index (χ1v) is 3.87. The first kappa shape index (κ1) is 11.8. The number of nitrogens with zero attached hydrogens (tertiary/aromatic N) is 1. The second-order valence-corrected chi connectivity index (χ2v) is 2.49. The van der Waals surface area contributed by atoms with Gasteiger partial charge in [-0.1, -0.05) is 0 Å². The minimum Gasteiger partial charge on any atom is -0.403 e. The van der Waals surface area contributed by atoms with E-state index in [-0.39, 0.29) is 5.70 Å². The first-order valence-electron chi connectivity index (χ1n) is 3.87. The molecule has 0 spiro atoms. The summed E-state index contributed by atoms with van der Waals surface area (Å²) in [5, 5.41) is 18.3. The Morgan fingerprint density at radius 1 is 1.57 bits per heavy atom. The van der Waals surface area contributed by atoms with Crippen molar-refractivity contribution in [2.24, 2.45) is 11.5 Å². The van der Waals surface area contributed by atoms with Gasteiger partial charge in [-0.3, -0.25) is 0 Å². The molecule has 0 bridgehead atoms.